The summed E-state index contributed by atoms with van der Waals surface area (Å²) < 4.78 is 2.04. The summed E-state index contributed by atoms with van der Waals surface area (Å²) in [5.41, 5.74) is 2.26. The molecule has 6 nitrogen and oxygen atoms in total. The zero-order valence-corrected chi connectivity index (χ0v) is 19.6. The van der Waals surface area contributed by atoms with E-state index in [1.165, 1.54) is 5.69 Å². The second-order valence-electron chi connectivity index (χ2n) is 6.22. The number of aliphatic imine (C=N–C) groups is 1. The maximum Gasteiger partial charge on any atom is 0.193 e. The standard InChI is InChI=1S/C20H28N6S.HI/c1-3-21-19(23-15-17-16-26-13-14-27-20(26)24-17)22-11-8-12-25(4-2)18-9-6-5-7-10-18;/h5-7,9-10,13-14,16H,3-4,8,11-12,15H2,1-2H3,(H2,21,22,23);1H. The van der Waals surface area contributed by atoms with Crippen LogP contribution in [0.5, 0.6) is 0 Å². The number of imidazole rings is 1. The summed E-state index contributed by atoms with van der Waals surface area (Å²) in [5, 5.41) is 8.77. The van der Waals surface area contributed by atoms with Gasteiger partial charge in [-0.05, 0) is 32.4 Å². The van der Waals surface area contributed by atoms with E-state index >= 15 is 0 Å². The van der Waals surface area contributed by atoms with Crippen molar-refractivity contribution in [3.8, 4) is 0 Å². The fourth-order valence-corrected chi connectivity index (χ4v) is 3.66. The molecule has 0 atom stereocenters. The van der Waals surface area contributed by atoms with E-state index in [-0.39, 0.29) is 24.0 Å². The Morgan fingerprint density at radius 2 is 2.04 bits per heavy atom. The van der Waals surface area contributed by atoms with Gasteiger partial charge < -0.3 is 15.5 Å². The minimum atomic E-state index is 0. The molecule has 28 heavy (non-hydrogen) atoms. The van der Waals surface area contributed by atoms with Crippen molar-refractivity contribution < 1.29 is 0 Å². The summed E-state index contributed by atoms with van der Waals surface area (Å²) in [4.78, 5) is 12.6. The molecule has 0 amide bonds. The average Bonchev–Trinajstić information content (AvgIpc) is 3.28. The molecule has 0 aliphatic rings. The van der Waals surface area contributed by atoms with Gasteiger partial charge in [-0.15, -0.1) is 35.3 Å². The molecule has 0 radical (unpaired) electrons. The molecule has 0 saturated carbocycles. The highest BCUT2D eigenvalue weighted by Gasteiger charge is 2.05. The Morgan fingerprint density at radius 3 is 2.75 bits per heavy atom. The number of hydrogen-bond acceptors (Lipinski definition) is 4. The van der Waals surface area contributed by atoms with Gasteiger partial charge in [0.15, 0.2) is 10.9 Å². The first-order valence-corrected chi connectivity index (χ1v) is 10.4. The number of guanidine groups is 1. The number of nitrogens with zero attached hydrogens (tertiary/aromatic N) is 4. The van der Waals surface area contributed by atoms with Gasteiger partial charge >= 0.3 is 0 Å². The number of nitrogens with one attached hydrogen (secondary N) is 2. The third-order valence-corrected chi connectivity index (χ3v) is 5.06. The van der Waals surface area contributed by atoms with E-state index in [1.54, 1.807) is 11.3 Å². The number of thiazole rings is 1. The monoisotopic (exact) mass is 512 g/mol. The van der Waals surface area contributed by atoms with Crippen LogP contribution in [-0.2, 0) is 6.54 Å². The van der Waals surface area contributed by atoms with Crippen LogP contribution >= 0.6 is 35.3 Å². The molecule has 0 aliphatic heterocycles. The molecule has 2 aromatic heterocycles. The zero-order chi connectivity index (χ0) is 18.9. The van der Waals surface area contributed by atoms with Crippen molar-refractivity contribution in [2.45, 2.75) is 26.8 Å². The Morgan fingerprint density at radius 1 is 1.21 bits per heavy atom. The number of halogens is 1. The van der Waals surface area contributed by atoms with Gasteiger partial charge in [-0.2, -0.15) is 0 Å². The van der Waals surface area contributed by atoms with Gasteiger partial charge in [0.2, 0.25) is 0 Å². The fraction of sp³-hybridized carbons (Fsp3) is 0.400. The molecule has 0 bridgehead atoms. The van der Waals surface area contributed by atoms with Crippen LogP contribution in [0.1, 0.15) is 26.0 Å². The number of anilines is 1. The van der Waals surface area contributed by atoms with Crippen molar-refractivity contribution >= 4 is 51.9 Å². The first-order valence-electron chi connectivity index (χ1n) is 9.53. The summed E-state index contributed by atoms with van der Waals surface area (Å²) in [6, 6.07) is 10.6. The van der Waals surface area contributed by atoms with E-state index in [0.717, 1.165) is 49.2 Å². The van der Waals surface area contributed by atoms with Crippen LogP contribution in [0.25, 0.3) is 4.96 Å². The van der Waals surface area contributed by atoms with Gasteiger partial charge in [-0.1, -0.05) is 18.2 Å². The summed E-state index contributed by atoms with van der Waals surface area (Å²) >= 11 is 1.64. The van der Waals surface area contributed by atoms with Crippen molar-refractivity contribution in [2.75, 3.05) is 31.1 Å². The zero-order valence-electron chi connectivity index (χ0n) is 16.5. The summed E-state index contributed by atoms with van der Waals surface area (Å²) in [6.07, 6.45) is 5.11. The minimum Gasteiger partial charge on any atom is -0.372 e. The number of para-hydroxylation sites is 1. The number of rotatable bonds is 9. The molecule has 2 N–H and O–H groups in total. The lowest BCUT2D eigenvalue weighted by molar-refractivity contribution is 0.709. The second-order valence-corrected chi connectivity index (χ2v) is 7.09. The lowest BCUT2D eigenvalue weighted by Gasteiger charge is -2.23. The molecule has 0 unspecified atom stereocenters. The third-order valence-electron chi connectivity index (χ3n) is 4.29. The molecule has 3 aromatic rings. The lowest BCUT2D eigenvalue weighted by Crippen LogP contribution is -2.38. The molecule has 0 fully saturated rings. The van der Waals surface area contributed by atoms with Gasteiger partial charge in [0, 0.05) is 49.6 Å². The Bertz CT molecular complexity index is 816. The molecular formula is C20H29IN6S. The quantitative estimate of drug-likeness (QED) is 0.197. The number of hydrogen-bond donors (Lipinski definition) is 2. The maximum absolute atomic E-state index is 4.66. The van der Waals surface area contributed by atoms with E-state index in [2.05, 4.69) is 69.7 Å². The average molecular weight is 512 g/mol. The van der Waals surface area contributed by atoms with Crippen LogP contribution in [0, 0.1) is 0 Å². The number of benzene rings is 1. The van der Waals surface area contributed by atoms with Crippen molar-refractivity contribution in [1.29, 1.82) is 0 Å². The third kappa shape index (κ3) is 6.37. The molecule has 3 rings (SSSR count). The van der Waals surface area contributed by atoms with Crippen molar-refractivity contribution in [2.24, 2.45) is 4.99 Å². The summed E-state index contributed by atoms with van der Waals surface area (Å²) in [5.74, 6) is 0.844. The highest BCUT2D eigenvalue weighted by molar-refractivity contribution is 14.0. The molecule has 0 aliphatic carbocycles. The van der Waals surface area contributed by atoms with E-state index in [0.29, 0.717) is 6.54 Å². The predicted octanol–water partition coefficient (Wildman–Crippen LogP) is 3.99. The van der Waals surface area contributed by atoms with Gasteiger partial charge in [-0.3, -0.25) is 4.40 Å². The summed E-state index contributed by atoms with van der Waals surface area (Å²) in [7, 11) is 0. The van der Waals surface area contributed by atoms with Crippen LogP contribution < -0.4 is 15.5 Å². The minimum absolute atomic E-state index is 0. The van der Waals surface area contributed by atoms with E-state index in [9.17, 15) is 0 Å². The Balaban J connectivity index is 0.00000280. The van der Waals surface area contributed by atoms with Crippen molar-refractivity contribution in [3.63, 3.8) is 0 Å². The molecule has 8 heteroatoms. The van der Waals surface area contributed by atoms with E-state index < -0.39 is 0 Å². The van der Waals surface area contributed by atoms with Crippen molar-refractivity contribution in [1.82, 2.24) is 20.0 Å². The predicted molar refractivity (Wildman–Crippen MR) is 130 cm³/mol. The normalized spacial score (nSPS) is 11.3. The fourth-order valence-electron chi connectivity index (χ4n) is 2.94. The number of fused-ring (bicyclic) bond motifs is 1. The van der Waals surface area contributed by atoms with E-state index in [1.807, 2.05) is 22.2 Å². The molecular weight excluding hydrogens is 483 g/mol. The smallest absolute Gasteiger partial charge is 0.193 e. The topological polar surface area (TPSA) is 57.0 Å². The Labute approximate surface area is 188 Å². The highest BCUT2D eigenvalue weighted by atomic mass is 127. The van der Waals surface area contributed by atoms with Crippen LogP contribution in [-0.4, -0.2) is 41.5 Å². The van der Waals surface area contributed by atoms with Gasteiger partial charge in [0.25, 0.3) is 0 Å². The molecule has 1 aromatic carbocycles. The van der Waals surface area contributed by atoms with Crippen LogP contribution in [0.4, 0.5) is 5.69 Å². The van der Waals surface area contributed by atoms with Gasteiger partial charge in [0.05, 0.1) is 12.2 Å². The largest absolute Gasteiger partial charge is 0.372 e. The Kier molecular flexibility index (Phi) is 9.56. The van der Waals surface area contributed by atoms with Crippen molar-refractivity contribution in [3.05, 3.63) is 53.8 Å². The molecule has 0 spiro atoms. The molecule has 0 saturated heterocycles. The second kappa shape index (κ2) is 11.9. The first-order chi connectivity index (χ1) is 13.3. The van der Waals surface area contributed by atoms with Crippen LogP contribution in [0.2, 0.25) is 0 Å². The van der Waals surface area contributed by atoms with Crippen LogP contribution in [0.15, 0.2) is 53.1 Å². The summed E-state index contributed by atoms with van der Waals surface area (Å²) in [6.45, 7) is 8.61. The highest BCUT2D eigenvalue weighted by Crippen LogP contribution is 2.13. The molecule has 152 valence electrons. The Hall–Kier alpha value is -1.81. The van der Waals surface area contributed by atoms with Gasteiger partial charge in [-0.25, -0.2) is 9.98 Å². The first kappa shape index (κ1) is 22.5. The SMILES string of the molecule is CCNC(=NCc1cn2ccsc2n1)NCCCN(CC)c1ccccc1.I. The lowest BCUT2D eigenvalue weighted by atomic mass is 10.2. The molecule has 2 heterocycles. The van der Waals surface area contributed by atoms with E-state index in [4.69, 9.17) is 0 Å². The van der Waals surface area contributed by atoms with Gasteiger partial charge in [0.1, 0.15) is 0 Å². The maximum atomic E-state index is 4.66. The number of aromatic nitrogens is 2. The van der Waals surface area contributed by atoms with Crippen LogP contribution in [0.3, 0.4) is 0 Å².